The lowest BCUT2D eigenvalue weighted by Gasteiger charge is -2.24. The molecular formula is C22H18N4O2. The topological polar surface area (TPSA) is 72.1 Å². The normalized spacial score (nSPS) is 16.6. The summed E-state index contributed by atoms with van der Waals surface area (Å²) in [7, 11) is 0. The Morgan fingerprint density at radius 1 is 1.00 bits per heavy atom. The number of hydrogen-bond acceptors (Lipinski definition) is 5. The summed E-state index contributed by atoms with van der Waals surface area (Å²) < 4.78 is 5.48. The van der Waals surface area contributed by atoms with Crippen LogP contribution in [0, 0.1) is 0 Å². The molecule has 0 aliphatic carbocycles. The lowest BCUT2D eigenvalue weighted by atomic mass is 10.0. The SMILES string of the molecule is O=C(c1cc(-c2ccc3nccnc3c2)on1)N1CCC[C@H]1c1ccccc1. The Balaban J connectivity index is 1.42. The fraction of sp³-hybridized carbons (Fsp3) is 0.182. The quantitative estimate of drug-likeness (QED) is 0.539. The van der Waals surface area contributed by atoms with Crippen molar-refractivity contribution in [2.75, 3.05) is 6.54 Å². The van der Waals surface area contributed by atoms with E-state index in [-0.39, 0.29) is 11.9 Å². The van der Waals surface area contributed by atoms with E-state index < -0.39 is 0 Å². The summed E-state index contributed by atoms with van der Waals surface area (Å²) in [5, 5.41) is 4.04. The Labute approximate surface area is 161 Å². The number of rotatable bonds is 3. The molecule has 0 bridgehead atoms. The molecule has 138 valence electrons. The summed E-state index contributed by atoms with van der Waals surface area (Å²) in [6, 6.07) is 17.6. The molecule has 1 saturated heterocycles. The highest BCUT2D eigenvalue weighted by atomic mass is 16.5. The maximum atomic E-state index is 13.1. The van der Waals surface area contributed by atoms with Crippen LogP contribution in [0.3, 0.4) is 0 Å². The summed E-state index contributed by atoms with van der Waals surface area (Å²) in [5.41, 5.74) is 3.89. The summed E-state index contributed by atoms with van der Waals surface area (Å²) in [4.78, 5) is 23.5. The molecule has 5 rings (SSSR count). The molecule has 1 aliphatic rings. The minimum absolute atomic E-state index is 0.0878. The molecule has 4 aromatic rings. The van der Waals surface area contributed by atoms with Gasteiger partial charge in [0, 0.05) is 30.6 Å². The molecule has 0 unspecified atom stereocenters. The molecule has 2 aromatic heterocycles. The fourth-order valence-corrected chi connectivity index (χ4v) is 3.81. The van der Waals surface area contributed by atoms with Crippen LogP contribution in [0.1, 0.15) is 34.9 Å². The minimum Gasteiger partial charge on any atom is -0.355 e. The Morgan fingerprint density at radius 2 is 1.82 bits per heavy atom. The molecule has 1 amide bonds. The van der Waals surface area contributed by atoms with Crippen molar-refractivity contribution in [2.24, 2.45) is 0 Å². The number of benzene rings is 2. The van der Waals surface area contributed by atoms with E-state index in [1.165, 1.54) is 0 Å². The van der Waals surface area contributed by atoms with Crippen LogP contribution in [0.2, 0.25) is 0 Å². The first-order valence-corrected chi connectivity index (χ1v) is 9.33. The number of carbonyl (C=O) groups excluding carboxylic acids is 1. The van der Waals surface area contributed by atoms with Gasteiger partial charge in [-0.05, 0) is 36.6 Å². The second-order valence-electron chi connectivity index (χ2n) is 6.90. The van der Waals surface area contributed by atoms with Crippen LogP contribution in [0.15, 0.2) is 71.5 Å². The van der Waals surface area contributed by atoms with Gasteiger partial charge in [-0.1, -0.05) is 35.5 Å². The van der Waals surface area contributed by atoms with Gasteiger partial charge in [0.25, 0.3) is 5.91 Å². The smallest absolute Gasteiger partial charge is 0.276 e. The average Bonchev–Trinajstić information content (AvgIpc) is 3.44. The first-order valence-electron chi connectivity index (χ1n) is 9.33. The maximum absolute atomic E-state index is 13.1. The zero-order valence-corrected chi connectivity index (χ0v) is 15.2. The molecule has 2 aromatic carbocycles. The molecule has 1 aliphatic heterocycles. The third kappa shape index (κ3) is 2.93. The molecule has 0 N–H and O–H groups in total. The van der Waals surface area contributed by atoms with Crippen LogP contribution in [0.25, 0.3) is 22.4 Å². The molecule has 6 heteroatoms. The van der Waals surface area contributed by atoms with Crippen molar-refractivity contribution in [2.45, 2.75) is 18.9 Å². The number of carbonyl (C=O) groups is 1. The minimum atomic E-state index is -0.0954. The predicted molar refractivity (Wildman–Crippen MR) is 104 cm³/mol. The Bertz CT molecular complexity index is 1140. The lowest BCUT2D eigenvalue weighted by molar-refractivity contribution is 0.0725. The fourth-order valence-electron chi connectivity index (χ4n) is 3.81. The van der Waals surface area contributed by atoms with Crippen molar-refractivity contribution in [3.05, 3.63) is 78.2 Å². The maximum Gasteiger partial charge on any atom is 0.276 e. The van der Waals surface area contributed by atoms with E-state index in [0.717, 1.165) is 41.5 Å². The Kier molecular flexibility index (Phi) is 4.09. The van der Waals surface area contributed by atoms with Gasteiger partial charge in [0.2, 0.25) is 0 Å². The monoisotopic (exact) mass is 370 g/mol. The number of likely N-dealkylation sites (tertiary alicyclic amines) is 1. The number of fused-ring (bicyclic) bond motifs is 1. The molecule has 1 fully saturated rings. The number of hydrogen-bond donors (Lipinski definition) is 0. The number of nitrogens with zero attached hydrogens (tertiary/aromatic N) is 4. The molecular weight excluding hydrogens is 352 g/mol. The van der Waals surface area contributed by atoms with E-state index in [4.69, 9.17) is 4.52 Å². The van der Waals surface area contributed by atoms with E-state index >= 15 is 0 Å². The molecule has 0 radical (unpaired) electrons. The van der Waals surface area contributed by atoms with Crippen molar-refractivity contribution in [1.29, 1.82) is 0 Å². The zero-order valence-electron chi connectivity index (χ0n) is 15.2. The predicted octanol–water partition coefficient (Wildman–Crippen LogP) is 4.26. The largest absolute Gasteiger partial charge is 0.355 e. The van der Waals surface area contributed by atoms with Gasteiger partial charge in [-0.15, -0.1) is 0 Å². The van der Waals surface area contributed by atoms with Crippen LogP contribution in [0.5, 0.6) is 0 Å². The van der Waals surface area contributed by atoms with Crippen molar-refractivity contribution in [1.82, 2.24) is 20.0 Å². The highest BCUT2D eigenvalue weighted by Gasteiger charge is 2.32. The van der Waals surface area contributed by atoms with E-state index in [0.29, 0.717) is 11.5 Å². The van der Waals surface area contributed by atoms with Crippen LogP contribution in [0.4, 0.5) is 0 Å². The van der Waals surface area contributed by atoms with Crippen molar-refractivity contribution in [3.8, 4) is 11.3 Å². The first-order chi connectivity index (χ1) is 13.8. The van der Waals surface area contributed by atoms with Crippen LogP contribution in [-0.2, 0) is 0 Å². The van der Waals surface area contributed by atoms with Gasteiger partial charge in [0.1, 0.15) is 0 Å². The zero-order chi connectivity index (χ0) is 18.9. The van der Waals surface area contributed by atoms with E-state index in [1.807, 2.05) is 41.3 Å². The molecule has 0 spiro atoms. The average molecular weight is 370 g/mol. The molecule has 1 atom stereocenters. The van der Waals surface area contributed by atoms with Gasteiger partial charge in [0.05, 0.1) is 17.1 Å². The highest BCUT2D eigenvalue weighted by molar-refractivity contribution is 5.94. The van der Waals surface area contributed by atoms with Gasteiger partial charge in [-0.2, -0.15) is 0 Å². The van der Waals surface area contributed by atoms with Crippen molar-refractivity contribution in [3.63, 3.8) is 0 Å². The van der Waals surface area contributed by atoms with Gasteiger partial charge < -0.3 is 9.42 Å². The molecule has 28 heavy (non-hydrogen) atoms. The van der Waals surface area contributed by atoms with Gasteiger partial charge in [-0.25, -0.2) is 0 Å². The summed E-state index contributed by atoms with van der Waals surface area (Å²) in [5.74, 6) is 0.452. The molecule has 6 nitrogen and oxygen atoms in total. The Hall–Kier alpha value is -3.54. The number of amides is 1. The highest BCUT2D eigenvalue weighted by Crippen LogP contribution is 2.33. The van der Waals surface area contributed by atoms with E-state index in [1.54, 1.807) is 18.5 Å². The molecule has 3 heterocycles. The summed E-state index contributed by atoms with van der Waals surface area (Å²) in [6.45, 7) is 0.728. The molecule has 0 saturated carbocycles. The summed E-state index contributed by atoms with van der Waals surface area (Å²) >= 11 is 0. The third-order valence-electron chi connectivity index (χ3n) is 5.18. The van der Waals surface area contributed by atoms with Crippen molar-refractivity contribution < 1.29 is 9.32 Å². The lowest BCUT2D eigenvalue weighted by Crippen LogP contribution is -2.30. The number of aromatic nitrogens is 3. The summed E-state index contributed by atoms with van der Waals surface area (Å²) in [6.07, 6.45) is 5.26. The van der Waals surface area contributed by atoms with E-state index in [9.17, 15) is 4.79 Å². The van der Waals surface area contributed by atoms with Gasteiger partial charge in [-0.3, -0.25) is 14.8 Å². The van der Waals surface area contributed by atoms with Crippen molar-refractivity contribution >= 4 is 16.9 Å². The van der Waals surface area contributed by atoms with Gasteiger partial charge in [0.15, 0.2) is 11.5 Å². The third-order valence-corrected chi connectivity index (χ3v) is 5.18. The second kappa shape index (κ2) is 6.88. The van der Waals surface area contributed by atoms with Crippen LogP contribution in [-0.4, -0.2) is 32.5 Å². The standard InChI is InChI=1S/C22H18N4O2/c27-22(26-12-4-7-20(26)15-5-2-1-3-6-15)19-14-21(28-25-19)16-8-9-17-18(13-16)24-11-10-23-17/h1-3,5-6,8-11,13-14,20H,4,7,12H2/t20-/m0/s1. The Morgan fingerprint density at radius 3 is 2.68 bits per heavy atom. The second-order valence-corrected chi connectivity index (χ2v) is 6.90. The van der Waals surface area contributed by atoms with Crippen LogP contribution < -0.4 is 0 Å². The van der Waals surface area contributed by atoms with Crippen LogP contribution >= 0.6 is 0 Å². The first kappa shape index (κ1) is 16.6. The van der Waals surface area contributed by atoms with E-state index in [2.05, 4.69) is 27.3 Å². The van der Waals surface area contributed by atoms with Gasteiger partial charge >= 0.3 is 0 Å².